The molecule has 1 nitrogen and oxygen atoms in total. The van der Waals surface area contributed by atoms with Crippen molar-refractivity contribution in [1.29, 1.82) is 0 Å². The van der Waals surface area contributed by atoms with Gasteiger partial charge in [-0.15, -0.1) is 0 Å². The van der Waals surface area contributed by atoms with Crippen molar-refractivity contribution in [3.05, 3.63) is 48.0 Å². The van der Waals surface area contributed by atoms with E-state index >= 15 is 0 Å². The number of aldehydes is 1. The number of hydrogen-bond donors (Lipinski definition) is 0. The lowest BCUT2D eigenvalue weighted by atomic mass is 9.97. The van der Waals surface area contributed by atoms with Crippen LogP contribution in [0.4, 0.5) is 0 Å². The highest BCUT2D eigenvalue weighted by atomic mass is 16.1. The predicted molar refractivity (Wildman–Crippen MR) is 68.3 cm³/mol. The molecule has 16 heavy (non-hydrogen) atoms. The molecule has 0 fully saturated rings. The number of allylic oxidation sites excluding steroid dienone is 2. The van der Waals surface area contributed by atoms with Gasteiger partial charge >= 0.3 is 0 Å². The van der Waals surface area contributed by atoms with Gasteiger partial charge in [0.05, 0.1) is 0 Å². The zero-order valence-electron chi connectivity index (χ0n) is 10.1. The van der Waals surface area contributed by atoms with Crippen molar-refractivity contribution in [3.8, 4) is 0 Å². The molecule has 1 unspecified atom stereocenters. The molecule has 0 spiro atoms. The molecule has 0 bridgehead atoms. The van der Waals surface area contributed by atoms with E-state index in [1.807, 2.05) is 24.3 Å². The summed E-state index contributed by atoms with van der Waals surface area (Å²) in [5, 5.41) is 0. The fourth-order valence-corrected chi connectivity index (χ4v) is 1.72. The molecular formula is C15H20O. The largest absolute Gasteiger partial charge is 0.303 e. The fourth-order valence-electron chi connectivity index (χ4n) is 1.72. The third kappa shape index (κ3) is 4.92. The van der Waals surface area contributed by atoms with Crippen LogP contribution in [0.3, 0.4) is 0 Å². The van der Waals surface area contributed by atoms with Gasteiger partial charge in [-0.25, -0.2) is 0 Å². The molecule has 0 radical (unpaired) electrons. The first kappa shape index (κ1) is 12.7. The molecule has 0 aromatic heterocycles. The van der Waals surface area contributed by atoms with Gasteiger partial charge in [-0.05, 0) is 24.3 Å². The molecule has 0 amide bonds. The van der Waals surface area contributed by atoms with Crippen LogP contribution >= 0.6 is 0 Å². The Labute approximate surface area is 98.2 Å². The first-order valence-corrected chi connectivity index (χ1v) is 5.88. The molecule has 1 aromatic rings. The fraction of sp³-hybridized carbons (Fsp3) is 0.400. The summed E-state index contributed by atoms with van der Waals surface area (Å²) in [5.41, 5.74) is 1.29. The Hall–Kier alpha value is -1.37. The first-order chi connectivity index (χ1) is 7.72. The Morgan fingerprint density at radius 3 is 2.44 bits per heavy atom. The van der Waals surface area contributed by atoms with Crippen LogP contribution in [0.1, 0.15) is 25.8 Å². The zero-order chi connectivity index (χ0) is 11.8. The Kier molecular flexibility index (Phi) is 5.55. The summed E-state index contributed by atoms with van der Waals surface area (Å²) in [4.78, 5) is 10.8. The number of benzene rings is 1. The van der Waals surface area contributed by atoms with E-state index in [4.69, 9.17) is 0 Å². The molecule has 0 N–H and O–H groups in total. The number of hydrogen-bond acceptors (Lipinski definition) is 1. The number of rotatable bonds is 6. The molecule has 0 aliphatic heterocycles. The second-order valence-corrected chi connectivity index (χ2v) is 4.55. The predicted octanol–water partition coefficient (Wildman–Crippen LogP) is 3.65. The SMILES string of the molecule is CC(C)CC(C=O)C=CCc1ccccc1. The van der Waals surface area contributed by atoms with Crippen molar-refractivity contribution in [1.82, 2.24) is 0 Å². The normalized spacial score (nSPS) is 13.2. The number of carbonyl (C=O) groups is 1. The summed E-state index contributed by atoms with van der Waals surface area (Å²) < 4.78 is 0. The molecule has 0 aliphatic rings. The molecule has 1 rings (SSSR count). The average Bonchev–Trinajstić information content (AvgIpc) is 2.28. The van der Waals surface area contributed by atoms with Crippen molar-refractivity contribution in [2.75, 3.05) is 0 Å². The van der Waals surface area contributed by atoms with Gasteiger partial charge in [0, 0.05) is 5.92 Å². The summed E-state index contributed by atoms with van der Waals surface area (Å²) in [6, 6.07) is 10.3. The summed E-state index contributed by atoms with van der Waals surface area (Å²) in [7, 11) is 0. The van der Waals surface area contributed by atoms with E-state index in [9.17, 15) is 4.79 Å². The van der Waals surface area contributed by atoms with Gasteiger partial charge in [0.2, 0.25) is 0 Å². The minimum absolute atomic E-state index is 0.0729. The van der Waals surface area contributed by atoms with E-state index < -0.39 is 0 Å². The van der Waals surface area contributed by atoms with Crippen LogP contribution < -0.4 is 0 Å². The van der Waals surface area contributed by atoms with Gasteiger partial charge in [0.1, 0.15) is 6.29 Å². The maximum atomic E-state index is 10.8. The van der Waals surface area contributed by atoms with Crippen LogP contribution in [0.5, 0.6) is 0 Å². The van der Waals surface area contributed by atoms with Gasteiger partial charge < -0.3 is 4.79 Å². The second-order valence-electron chi connectivity index (χ2n) is 4.55. The molecule has 0 aliphatic carbocycles. The Balaban J connectivity index is 2.43. The molecule has 1 heteroatoms. The summed E-state index contributed by atoms with van der Waals surface area (Å²) in [6.45, 7) is 4.28. The van der Waals surface area contributed by atoms with E-state index in [0.29, 0.717) is 5.92 Å². The lowest BCUT2D eigenvalue weighted by Gasteiger charge is -2.07. The van der Waals surface area contributed by atoms with Crippen LogP contribution in [-0.4, -0.2) is 6.29 Å². The van der Waals surface area contributed by atoms with Crippen LogP contribution in [0.2, 0.25) is 0 Å². The van der Waals surface area contributed by atoms with E-state index in [-0.39, 0.29) is 5.92 Å². The third-order valence-corrected chi connectivity index (χ3v) is 2.50. The quantitative estimate of drug-likeness (QED) is 0.524. The maximum absolute atomic E-state index is 10.8. The average molecular weight is 216 g/mol. The van der Waals surface area contributed by atoms with Crippen LogP contribution in [0, 0.1) is 11.8 Å². The van der Waals surface area contributed by atoms with Gasteiger partial charge in [-0.1, -0.05) is 56.3 Å². The Bertz CT molecular complexity index is 325. The monoisotopic (exact) mass is 216 g/mol. The van der Waals surface area contributed by atoms with Crippen molar-refractivity contribution < 1.29 is 4.79 Å². The first-order valence-electron chi connectivity index (χ1n) is 5.88. The van der Waals surface area contributed by atoms with Gasteiger partial charge in [-0.2, -0.15) is 0 Å². The molecule has 1 aromatic carbocycles. The van der Waals surface area contributed by atoms with Gasteiger partial charge in [0.25, 0.3) is 0 Å². The highest BCUT2D eigenvalue weighted by Gasteiger charge is 2.04. The molecule has 0 heterocycles. The molecule has 1 atom stereocenters. The minimum Gasteiger partial charge on any atom is -0.303 e. The molecule has 86 valence electrons. The van der Waals surface area contributed by atoms with Crippen molar-refractivity contribution in [2.45, 2.75) is 26.7 Å². The lowest BCUT2D eigenvalue weighted by Crippen LogP contribution is -2.02. The molecule has 0 saturated carbocycles. The summed E-state index contributed by atoms with van der Waals surface area (Å²) >= 11 is 0. The Morgan fingerprint density at radius 2 is 1.88 bits per heavy atom. The topological polar surface area (TPSA) is 17.1 Å². The highest BCUT2D eigenvalue weighted by molar-refractivity contribution is 5.56. The van der Waals surface area contributed by atoms with Crippen LogP contribution in [-0.2, 0) is 11.2 Å². The second kappa shape index (κ2) is 7.00. The molecule has 0 saturated heterocycles. The maximum Gasteiger partial charge on any atom is 0.126 e. The van der Waals surface area contributed by atoms with E-state index in [2.05, 4.69) is 32.1 Å². The van der Waals surface area contributed by atoms with Gasteiger partial charge in [0.15, 0.2) is 0 Å². The smallest absolute Gasteiger partial charge is 0.126 e. The van der Waals surface area contributed by atoms with Crippen LogP contribution in [0.25, 0.3) is 0 Å². The molecular weight excluding hydrogens is 196 g/mol. The third-order valence-electron chi connectivity index (χ3n) is 2.50. The lowest BCUT2D eigenvalue weighted by molar-refractivity contribution is -0.110. The minimum atomic E-state index is 0.0729. The van der Waals surface area contributed by atoms with Crippen LogP contribution in [0.15, 0.2) is 42.5 Å². The number of carbonyl (C=O) groups excluding carboxylic acids is 1. The van der Waals surface area contributed by atoms with Crippen molar-refractivity contribution in [3.63, 3.8) is 0 Å². The van der Waals surface area contributed by atoms with E-state index in [1.165, 1.54) is 5.56 Å². The van der Waals surface area contributed by atoms with Gasteiger partial charge in [-0.3, -0.25) is 0 Å². The van der Waals surface area contributed by atoms with E-state index in [1.54, 1.807) is 0 Å². The highest BCUT2D eigenvalue weighted by Crippen LogP contribution is 2.11. The standard InChI is InChI=1S/C15H20O/c1-13(2)11-15(12-16)10-6-9-14-7-4-3-5-8-14/h3-8,10,12-13,15H,9,11H2,1-2H3. The van der Waals surface area contributed by atoms with Crippen molar-refractivity contribution in [2.24, 2.45) is 11.8 Å². The Morgan fingerprint density at radius 1 is 1.19 bits per heavy atom. The summed E-state index contributed by atoms with van der Waals surface area (Å²) in [5.74, 6) is 0.639. The van der Waals surface area contributed by atoms with Crippen molar-refractivity contribution >= 4 is 6.29 Å². The van der Waals surface area contributed by atoms with E-state index in [0.717, 1.165) is 19.1 Å². The zero-order valence-corrected chi connectivity index (χ0v) is 10.1. The summed E-state index contributed by atoms with van der Waals surface area (Å²) in [6.07, 6.45) is 7.01.